The van der Waals surface area contributed by atoms with Gasteiger partial charge in [-0.25, -0.2) is 4.99 Å². The Bertz CT molecular complexity index is 435. The number of aliphatic hydroxyl groups is 1. The standard InChI is InChI=1S/C16H25N3O/c1-16(2,3)15(20)14(19-12-18-11-17)10-9-13-7-5-4-6-8-13/h4-8,11-12,14-15,20H,9-10H2,1-3H3,(H2,17,18,19). The zero-order valence-electron chi connectivity index (χ0n) is 12.5. The van der Waals surface area contributed by atoms with Gasteiger partial charge in [0, 0.05) is 0 Å². The Kier molecular flexibility index (Phi) is 6.39. The second-order valence-corrected chi connectivity index (χ2v) is 5.97. The van der Waals surface area contributed by atoms with Crippen LogP contribution in [0.5, 0.6) is 0 Å². The number of benzene rings is 1. The predicted molar refractivity (Wildman–Crippen MR) is 85.2 cm³/mol. The van der Waals surface area contributed by atoms with Crippen LogP contribution >= 0.6 is 0 Å². The molecule has 4 nitrogen and oxygen atoms in total. The fraction of sp³-hybridized carbons (Fsp3) is 0.500. The summed E-state index contributed by atoms with van der Waals surface area (Å²) in [6.45, 7) is 6.03. The molecule has 0 saturated carbocycles. The number of rotatable bonds is 6. The maximum absolute atomic E-state index is 10.4. The number of aliphatic hydroxyl groups excluding tert-OH is 1. The van der Waals surface area contributed by atoms with Gasteiger partial charge < -0.3 is 10.8 Å². The zero-order valence-corrected chi connectivity index (χ0v) is 12.5. The van der Waals surface area contributed by atoms with Crippen molar-refractivity contribution in [3.8, 4) is 0 Å². The number of aliphatic imine (C=N–C) groups is 2. The lowest BCUT2D eigenvalue weighted by molar-refractivity contribution is 0.0391. The maximum Gasteiger partial charge on any atom is 0.112 e. The molecule has 0 radical (unpaired) electrons. The molecule has 0 saturated heterocycles. The van der Waals surface area contributed by atoms with Crippen LogP contribution in [0.4, 0.5) is 0 Å². The van der Waals surface area contributed by atoms with Gasteiger partial charge in [-0.2, -0.15) is 0 Å². The summed E-state index contributed by atoms with van der Waals surface area (Å²) in [5.74, 6) is 0. The third kappa shape index (κ3) is 5.53. The molecule has 2 atom stereocenters. The van der Waals surface area contributed by atoms with E-state index in [1.807, 2.05) is 39.0 Å². The molecule has 110 valence electrons. The number of aryl methyl sites for hydroxylation is 1. The fourth-order valence-corrected chi connectivity index (χ4v) is 2.01. The van der Waals surface area contributed by atoms with Gasteiger partial charge >= 0.3 is 0 Å². The SMILES string of the molecule is CC(C)(C)C(O)C(CCc1ccccc1)N=CN=CN. The van der Waals surface area contributed by atoms with Crippen molar-refractivity contribution in [1.29, 1.82) is 0 Å². The lowest BCUT2D eigenvalue weighted by Crippen LogP contribution is -2.37. The van der Waals surface area contributed by atoms with Crippen molar-refractivity contribution in [1.82, 2.24) is 0 Å². The van der Waals surface area contributed by atoms with Gasteiger partial charge in [0.05, 0.1) is 18.5 Å². The van der Waals surface area contributed by atoms with Crippen LogP contribution in [0.15, 0.2) is 40.3 Å². The summed E-state index contributed by atoms with van der Waals surface area (Å²) in [5, 5.41) is 10.4. The first-order chi connectivity index (χ1) is 9.45. The molecular formula is C16H25N3O. The van der Waals surface area contributed by atoms with Crippen LogP contribution in [0.25, 0.3) is 0 Å². The summed E-state index contributed by atoms with van der Waals surface area (Å²) in [6, 6.07) is 10.0. The highest BCUT2D eigenvalue weighted by Gasteiger charge is 2.29. The first-order valence-electron chi connectivity index (χ1n) is 6.92. The van der Waals surface area contributed by atoms with Crippen molar-refractivity contribution >= 4 is 12.7 Å². The lowest BCUT2D eigenvalue weighted by atomic mass is 9.83. The van der Waals surface area contributed by atoms with E-state index in [0.717, 1.165) is 12.8 Å². The molecule has 1 aromatic rings. The maximum atomic E-state index is 10.4. The Labute approximate surface area is 121 Å². The molecule has 0 aromatic heterocycles. The van der Waals surface area contributed by atoms with E-state index in [9.17, 15) is 5.11 Å². The molecule has 1 rings (SSSR count). The van der Waals surface area contributed by atoms with Crippen molar-refractivity contribution in [2.45, 2.75) is 45.8 Å². The van der Waals surface area contributed by atoms with E-state index < -0.39 is 6.10 Å². The topological polar surface area (TPSA) is 71.0 Å². The second kappa shape index (κ2) is 7.80. The Morgan fingerprint density at radius 2 is 1.90 bits per heavy atom. The van der Waals surface area contributed by atoms with Gasteiger partial charge in [-0.3, -0.25) is 4.99 Å². The predicted octanol–water partition coefficient (Wildman–Crippen LogP) is 2.41. The van der Waals surface area contributed by atoms with Crippen LogP contribution in [0.2, 0.25) is 0 Å². The molecule has 0 bridgehead atoms. The van der Waals surface area contributed by atoms with Crippen molar-refractivity contribution in [2.24, 2.45) is 21.1 Å². The normalized spacial score (nSPS) is 15.8. The average molecular weight is 275 g/mol. The van der Waals surface area contributed by atoms with Gasteiger partial charge in [0.25, 0.3) is 0 Å². The van der Waals surface area contributed by atoms with E-state index in [1.165, 1.54) is 18.2 Å². The van der Waals surface area contributed by atoms with E-state index in [4.69, 9.17) is 5.73 Å². The van der Waals surface area contributed by atoms with Crippen molar-refractivity contribution < 1.29 is 5.11 Å². The quantitative estimate of drug-likeness (QED) is 0.618. The van der Waals surface area contributed by atoms with Gasteiger partial charge in [0.2, 0.25) is 0 Å². The van der Waals surface area contributed by atoms with Crippen LogP contribution < -0.4 is 5.73 Å². The summed E-state index contributed by atoms with van der Waals surface area (Å²) >= 11 is 0. The van der Waals surface area contributed by atoms with Gasteiger partial charge in [-0.15, -0.1) is 0 Å². The summed E-state index contributed by atoms with van der Waals surface area (Å²) < 4.78 is 0. The first kappa shape index (κ1) is 16.4. The van der Waals surface area contributed by atoms with E-state index in [1.54, 1.807) is 0 Å². The number of nitrogens with zero attached hydrogens (tertiary/aromatic N) is 2. The first-order valence-corrected chi connectivity index (χ1v) is 6.92. The van der Waals surface area contributed by atoms with E-state index in [2.05, 4.69) is 22.1 Å². The van der Waals surface area contributed by atoms with Crippen LogP contribution in [-0.4, -0.2) is 29.9 Å². The van der Waals surface area contributed by atoms with Gasteiger partial charge in [0.1, 0.15) is 6.34 Å². The van der Waals surface area contributed by atoms with Crippen LogP contribution in [0.3, 0.4) is 0 Å². The molecule has 0 aliphatic carbocycles. The Hall–Kier alpha value is -1.68. The van der Waals surface area contributed by atoms with Gasteiger partial charge in [-0.05, 0) is 23.8 Å². The minimum absolute atomic E-state index is 0.182. The van der Waals surface area contributed by atoms with Gasteiger partial charge in [-0.1, -0.05) is 51.1 Å². The third-order valence-electron chi connectivity index (χ3n) is 3.23. The summed E-state index contributed by atoms with van der Waals surface area (Å²) in [4.78, 5) is 8.12. The Morgan fingerprint density at radius 3 is 2.45 bits per heavy atom. The highest BCUT2D eigenvalue weighted by Crippen LogP contribution is 2.25. The van der Waals surface area contributed by atoms with E-state index in [-0.39, 0.29) is 11.5 Å². The molecule has 0 aliphatic heterocycles. The molecule has 4 heteroatoms. The Balaban J connectivity index is 2.72. The largest absolute Gasteiger partial charge is 0.390 e. The van der Waals surface area contributed by atoms with Gasteiger partial charge in [0.15, 0.2) is 0 Å². The molecular weight excluding hydrogens is 250 g/mol. The minimum atomic E-state index is -0.518. The highest BCUT2D eigenvalue weighted by molar-refractivity contribution is 5.69. The highest BCUT2D eigenvalue weighted by atomic mass is 16.3. The van der Waals surface area contributed by atoms with Crippen molar-refractivity contribution in [3.05, 3.63) is 35.9 Å². The molecule has 2 unspecified atom stereocenters. The zero-order chi connectivity index (χ0) is 15.0. The summed E-state index contributed by atoms with van der Waals surface area (Å²) in [7, 11) is 0. The smallest absolute Gasteiger partial charge is 0.112 e. The number of nitrogens with two attached hydrogens (primary N) is 1. The fourth-order valence-electron chi connectivity index (χ4n) is 2.01. The molecule has 3 N–H and O–H groups in total. The number of hydrogen-bond acceptors (Lipinski definition) is 2. The molecule has 20 heavy (non-hydrogen) atoms. The summed E-state index contributed by atoms with van der Waals surface area (Å²) in [6.07, 6.45) is 3.75. The van der Waals surface area contributed by atoms with Crippen LogP contribution in [0, 0.1) is 5.41 Å². The number of hydrogen-bond donors (Lipinski definition) is 2. The minimum Gasteiger partial charge on any atom is -0.390 e. The van der Waals surface area contributed by atoms with E-state index in [0.29, 0.717) is 0 Å². The average Bonchev–Trinajstić information content (AvgIpc) is 2.42. The van der Waals surface area contributed by atoms with E-state index >= 15 is 0 Å². The monoisotopic (exact) mass is 275 g/mol. The molecule has 0 fully saturated rings. The second-order valence-electron chi connectivity index (χ2n) is 5.97. The molecule has 0 aliphatic rings. The van der Waals surface area contributed by atoms with Crippen LogP contribution in [-0.2, 0) is 6.42 Å². The molecule has 0 heterocycles. The molecule has 0 spiro atoms. The third-order valence-corrected chi connectivity index (χ3v) is 3.23. The van der Waals surface area contributed by atoms with Crippen molar-refractivity contribution in [2.75, 3.05) is 0 Å². The van der Waals surface area contributed by atoms with Crippen molar-refractivity contribution in [3.63, 3.8) is 0 Å². The van der Waals surface area contributed by atoms with Crippen LogP contribution in [0.1, 0.15) is 32.8 Å². The molecule has 0 amide bonds. The lowest BCUT2D eigenvalue weighted by Gasteiger charge is -2.30. The summed E-state index contributed by atoms with van der Waals surface area (Å²) in [5.41, 5.74) is 6.23. The Morgan fingerprint density at radius 1 is 1.25 bits per heavy atom. The molecule has 1 aromatic carbocycles.